The van der Waals surface area contributed by atoms with Crippen molar-refractivity contribution in [3.63, 3.8) is 0 Å². The highest BCUT2D eigenvalue weighted by molar-refractivity contribution is 5.88. The van der Waals surface area contributed by atoms with E-state index in [0.29, 0.717) is 17.5 Å². The van der Waals surface area contributed by atoms with Gasteiger partial charge in [-0.3, -0.25) is 4.98 Å². The molecular formula is C40H26N6. The molecule has 0 unspecified atom stereocenters. The predicted molar refractivity (Wildman–Crippen MR) is 183 cm³/mol. The molecular weight excluding hydrogens is 564 g/mol. The summed E-state index contributed by atoms with van der Waals surface area (Å²) in [7, 11) is 0. The van der Waals surface area contributed by atoms with Crippen molar-refractivity contribution < 1.29 is 0 Å². The molecule has 5 aromatic carbocycles. The quantitative estimate of drug-likeness (QED) is 0.192. The fourth-order valence-corrected chi connectivity index (χ4v) is 5.48. The molecule has 0 aliphatic heterocycles. The summed E-state index contributed by atoms with van der Waals surface area (Å²) in [6.45, 7) is 0. The average Bonchev–Trinajstić information content (AvgIpc) is 3.15. The van der Waals surface area contributed by atoms with Crippen LogP contribution in [-0.2, 0) is 0 Å². The number of pyridine rings is 1. The molecule has 216 valence electrons. The molecule has 6 heteroatoms. The van der Waals surface area contributed by atoms with E-state index in [0.717, 1.165) is 61.4 Å². The Morgan fingerprint density at radius 2 is 0.761 bits per heavy atom. The summed E-state index contributed by atoms with van der Waals surface area (Å²) < 4.78 is 0. The van der Waals surface area contributed by atoms with Crippen molar-refractivity contribution in [2.24, 2.45) is 0 Å². The second-order valence-corrected chi connectivity index (χ2v) is 10.8. The van der Waals surface area contributed by atoms with Gasteiger partial charge in [-0.15, -0.1) is 0 Å². The third-order valence-electron chi connectivity index (χ3n) is 7.82. The van der Waals surface area contributed by atoms with Gasteiger partial charge in [0.15, 0.2) is 17.5 Å². The van der Waals surface area contributed by atoms with Gasteiger partial charge in [0.2, 0.25) is 0 Å². The summed E-state index contributed by atoms with van der Waals surface area (Å²) in [6.07, 6.45) is 3.60. The van der Waals surface area contributed by atoms with Crippen molar-refractivity contribution in [2.75, 3.05) is 0 Å². The molecule has 6 nitrogen and oxygen atoms in total. The molecule has 3 aromatic heterocycles. The molecule has 0 saturated heterocycles. The van der Waals surface area contributed by atoms with E-state index in [2.05, 4.69) is 53.5 Å². The number of hydrogen-bond acceptors (Lipinski definition) is 6. The molecule has 0 amide bonds. The minimum atomic E-state index is 0.623. The first-order valence-corrected chi connectivity index (χ1v) is 15.0. The van der Waals surface area contributed by atoms with E-state index in [1.165, 1.54) is 0 Å². The topological polar surface area (TPSA) is 77.3 Å². The highest BCUT2D eigenvalue weighted by Gasteiger charge is 2.15. The van der Waals surface area contributed by atoms with Crippen LogP contribution < -0.4 is 0 Å². The van der Waals surface area contributed by atoms with E-state index in [4.69, 9.17) is 24.9 Å². The summed E-state index contributed by atoms with van der Waals surface area (Å²) in [5.74, 6) is 1.90. The van der Waals surface area contributed by atoms with Crippen LogP contribution in [-0.4, -0.2) is 29.9 Å². The monoisotopic (exact) mass is 590 g/mol. The largest absolute Gasteiger partial charge is 0.264 e. The first-order chi connectivity index (χ1) is 22.8. The molecule has 0 spiro atoms. The lowest BCUT2D eigenvalue weighted by molar-refractivity contribution is 1.07. The fraction of sp³-hybridized carbons (Fsp3) is 0. The van der Waals surface area contributed by atoms with Crippen LogP contribution in [0, 0.1) is 0 Å². The third-order valence-corrected chi connectivity index (χ3v) is 7.82. The van der Waals surface area contributed by atoms with Crippen LogP contribution in [0.3, 0.4) is 0 Å². The number of benzene rings is 5. The van der Waals surface area contributed by atoms with Crippen molar-refractivity contribution in [1.29, 1.82) is 0 Å². The van der Waals surface area contributed by atoms with E-state index < -0.39 is 0 Å². The summed E-state index contributed by atoms with van der Waals surface area (Å²) in [5.41, 5.74) is 10.1. The maximum absolute atomic E-state index is 5.12. The van der Waals surface area contributed by atoms with Crippen LogP contribution in [0.1, 0.15) is 0 Å². The van der Waals surface area contributed by atoms with E-state index in [9.17, 15) is 0 Å². The maximum Gasteiger partial charge on any atom is 0.164 e. The smallest absolute Gasteiger partial charge is 0.164 e. The van der Waals surface area contributed by atoms with Crippen LogP contribution >= 0.6 is 0 Å². The van der Waals surface area contributed by atoms with Crippen molar-refractivity contribution in [1.82, 2.24) is 29.9 Å². The average molecular weight is 591 g/mol. The third kappa shape index (κ3) is 5.40. The minimum Gasteiger partial charge on any atom is -0.264 e. The molecule has 8 rings (SSSR count). The summed E-state index contributed by atoms with van der Waals surface area (Å²) in [4.78, 5) is 29.1. The zero-order valence-electron chi connectivity index (χ0n) is 24.7. The van der Waals surface area contributed by atoms with Gasteiger partial charge in [0.05, 0.1) is 22.4 Å². The molecule has 0 radical (unpaired) electrons. The Hall–Kier alpha value is -6.40. The number of hydrogen-bond donors (Lipinski definition) is 0. The van der Waals surface area contributed by atoms with E-state index in [1.807, 2.05) is 103 Å². The highest BCUT2D eigenvalue weighted by atomic mass is 15.0. The van der Waals surface area contributed by atoms with E-state index >= 15 is 0 Å². The van der Waals surface area contributed by atoms with Crippen LogP contribution in [0.15, 0.2) is 158 Å². The number of aromatic nitrogens is 6. The number of fused-ring (bicyclic) bond motifs is 1. The molecule has 0 bridgehead atoms. The van der Waals surface area contributed by atoms with Crippen molar-refractivity contribution in [2.45, 2.75) is 0 Å². The first-order valence-electron chi connectivity index (χ1n) is 15.0. The SMILES string of the molecule is c1ccc(-c2nc(-c3ccccc3)nc(-c3ccc(-c4ccc5nc(-c6ccccc6)c(-c6cccnc6)nc5c4)cc3)n2)cc1. The molecule has 46 heavy (non-hydrogen) atoms. The van der Waals surface area contributed by atoms with Gasteiger partial charge < -0.3 is 0 Å². The molecule has 0 atom stereocenters. The van der Waals surface area contributed by atoms with Gasteiger partial charge in [0.1, 0.15) is 0 Å². The van der Waals surface area contributed by atoms with Gasteiger partial charge >= 0.3 is 0 Å². The van der Waals surface area contributed by atoms with Crippen LogP contribution in [0.4, 0.5) is 0 Å². The second-order valence-electron chi connectivity index (χ2n) is 10.8. The standard InChI is InChI=1S/C40H26N6/c1-4-11-28(12-5-1)36-37(33-17-10-24-41-26-33)43-35-25-32(22-23-34(35)42-36)27-18-20-31(21-19-27)40-45-38(29-13-6-2-7-14-29)44-39(46-40)30-15-8-3-9-16-30/h1-26H. The summed E-state index contributed by atoms with van der Waals surface area (Å²) in [5, 5.41) is 0. The maximum atomic E-state index is 5.12. The molecule has 0 aliphatic rings. The number of nitrogens with zero attached hydrogens (tertiary/aromatic N) is 6. The van der Waals surface area contributed by atoms with Gasteiger partial charge in [-0.05, 0) is 35.4 Å². The Morgan fingerprint density at radius 3 is 1.33 bits per heavy atom. The fourth-order valence-electron chi connectivity index (χ4n) is 5.48. The van der Waals surface area contributed by atoms with Crippen molar-refractivity contribution >= 4 is 11.0 Å². The van der Waals surface area contributed by atoms with Crippen LogP contribution in [0.5, 0.6) is 0 Å². The number of rotatable bonds is 6. The lowest BCUT2D eigenvalue weighted by Crippen LogP contribution is -2.00. The summed E-state index contributed by atoms with van der Waals surface area (Å²) in [6, 6.07) is 48.6. The molecule has 0 aliphatic carbocycles. The van der Waals surface area contributed by atoms with Gasteiger partial charge in [-0.25, -0.2) is 24.9 Å². The van der Waals surface area contributed by atoms with Crippen molar-refractivity contribution in [3.8, 4) is 67.8 Å². The van der Waals surface area contributed by atoms with Crippen molar-refractivity contribution in [3.05, 3.63) is 158 Å². The first kappa shape index (κ1) is 27.2. The Balaban J connectivity index is 1.18. The zero-order valence-corrected chi connectivity index (χ0v) is 24.7. The van der Waals surface area contributed by atoms with Gasteiger partial charge in [0.25, 0.3) is 0 Å². The minimum absolute atomic E-state index is 0.623. The van der Waals surface area contributed by atoms with E-state index in [-0.39, 0.29) is 0 Å². The van der Waals surface area contributed by atoms with Gasteiger partial charge in [-0.2, -0.15) is 0 Å². The van der Waals surface area contributed by atoms with Gasteiger partial charge in [0, 0.05) is 40.2 Å². The second kappa shape index (κ2) is 11.9. The normalized spacial score (nSPS) is 11.0. The van der Waals surface area contributed by atoms with Crippen LogP contribution in [0.25, 0.3) is 78.8 Å². The van der Waals surface area contributed by atoms with E-state index in [1.54, 1.807) is 6.20 Å². The van der Waals surface area contributed by atoms with Crippen LogP contribution in [0.2, 0.25) is 0 Å². The predicted octanol–water partition coefficient (Wildman–Crippen LogP) is 9.21. The Bertz CT molecular complexity index is 2220. The molecule has 8 aromatic rings. The molecule has 3 heterocycles. The van der Waals surface area contributed by atoms with Gasteiger partial charge in [-0.1, -0.05) is 121 Å². The molecule has 0 N–H and O–H groups in total. The lowest BCUT2D eigenvalue weighted by Gasteiger charge is -2.12. The Morgan fingerprint density at radius 1 is 0.304 bits per heavy atom. The summed E-state index contributed by atoms with van der Waals surface area (Å²) >= 11 is 0. The Labute approximate surface area is 266 Å². The molecule has 0 saturated carbocycles. The molecule has 0 fully saturated rings. The Kier molecular flexibility index (Phi) is 7.05. The highest BCUT2D eigenvalue weighted by Crippen LogP contribution is 2.33. The zero-order chi connectivity index (χ0) is 30.7. The lowest BCUT2D eigenvalue weighted by atomic mass is 10.0.